The number of carbonyl (C=O) groups excluding carboxylic acids is 1. The molecule has 0 bridgehead atoms. The molecule has 0 saturated carbocycles. The molecule has 1 unspecified atom stereocenters. The third-order valence-electron chi connectivity index (χ3n) is 3.52. The van der Waals surface area contributed by atoms with Crippen molar-refractivity contribution >= 4 is 23.5 Å². The van der Waals surface area contributed by atoms with Crippen LogP contribution in [-0.4, -0.2) is 55.4 Å². The molecule has 1 aromatic carbocycles. The van der Waals surface area contributed by atoms with E-state index in [-0.39, 0.29) is 18.5 Å². The van der Waals surface area contributed by atoms with Crippen molar-refractivity contribution in [2.75, 3.05) is 27.7 Å². The summed E-state index contributed by atoms with van der Waals surface area (Å²) in [5.41, 5.74) is 1.09. The lowest BCUT2D eigenvalue weighted by atomic mass is 10.2. The summed E-state index contributed by atoms with van der Waals surface area (Å²) in [6.07, 6.45) is 0.978. The molecule has 1 atom stereocenters. The number of nitrogens with zero attached hydrogens (tertiary/aromatic N) is 3. The van der Waals surface area contributed by atoms with Gasteiger partial charge >= 0.3 is 0 Å². The largest absolute Gasteiger partial charge is 0.354 e. The molecule has 1 N–H and O–H groups in total. The van der Waals surface area contributed by atoms with Crippen molar-refractivity contribution in [2.45, 2.75) is 32.9 Å². The minimum absolute atomic E-state index is 0.0235. The van der Waals surface area contributed by atoms with Gasteiger partial charge in [0.05, 0.1) is 0 Å². The molecule has 0 spiro atoms. The molecule has 0 aliphatic carbocycles. The van der Waals surface area contributed by atoms with Crippen molar-refractivity contribution in [1.29, 1.82) is 0 Å². The van der Waals surface area contributed by atoms with Crippen LogP contribution in [0.4, 0.5) is 0 Å². The minimum atomic E-state index is -0.0235. The summed E-state index contributed by atoms with van der Waals surface area (Å²) in [7, 11) is 5.42. The van der Waals surface area contributed by atoms with E-state index in [1.165, 1.54) is 0 Å². The first-order valence-electron chi connectivity index (χ1n) is 7.80. The number of aliphatic imine (C=N–C) groups is 1. The minimum Gasteiger partial charge on any atom is -0.354 e. The average molecular weight is 339 g/mol. The van der Waals surface area contributed by atoms with Gasteiger partial charge in [-0.05, 0) is 31.0 Å². The van der Waals surface area contributed by atoms with Gasteiger partial charge in [-0.15, -0.1) is 0 Å². The van der Waals surface area contributed by atoms with Crippen molar-refractivity contribution in [3.05, 3.63) is 34.9 Å². The standard InChI is InChI=1S/C17H27ClN4O/c1-6-13(2)20-17(19-11-16(23)21(3)4)22(5)12-14-8-7-9-15(18)10-14/h7-10,13H,6,11-12H2,1-5H3,(H,19,20). The molecular formula is C17H27ClN4O. The Morgan fingerprint density at radius 3 is 2.61 bits per heavy atom. The third kappa shape index (κ3) is 6.91. The molecule has 5 nitrogen and oxygen atoms in total. The van der Waals surface area contributed by atoms with Gasteiger partial charge in [-0.2, -0.15) is 0 Å². The van der Waals surface area contributed by atoms with Crippen LogP contribution in [0.3, 0.4) is 0 Å². The van der Waals surface area contributed by atoms with Crippen LogP contribution in [-0.2, 0) is 11.3 Å². The molecule has 0 aliphatic heterocycles. The van der Waals surface area contributed by atoms with Crippen molar-refractivity contribution in [1.82, 2.24) is 15.1 Å². The second-order valence-corrected chi connectivity index (χ2v) is 6.30. The molecule has 0 saturated heterocycles. The topological polar surface area (TPSA) is 47.9 Å². The molecule has 1 amide bonds. The summed E-state index contributed by atoms with van der Waals surface area (Å²) >= 11 is 6.04. The van der Waals surface area contributed by atoms with Crippen molar-refractivity contribution < 1.29 is 4.79 Å². The smallest absolute Gasteiger partial charge is 0.243 e. The van der Waals surface area contributed by atoms with Gasteiger partial charge in [0.15, 0.2) is 5.96 Å². The van der Waals surface area contributed by atoms with Crippen LogP contribution >= 0.6 is 11.6 Å². The van der Waals surface area contributed by atoms with Crippen LogP contribution in [0.5, 0.6) is 0 Å². The van der Waals surface area contributed by atoms with E-state index >= 15 is 0 Å². The zero-order valence-corrected chi connectivity index (χ0v) is 15.4. The fraction of sp³-hybridized carbons (Fsp3) is 0.529. The Kier molecular flexibility index (Phi) is 7.89. The Balaban J connectivity index is 2.84. The number of halogens is 1. The van der Waals surface area contributed by atoms with Gasteiger partial charge in [-0.1, -0.05) is 30.7 Å². The maximum atomic E-state index is 11.8. The average Bonchev–Trinajstić information content (AvgIpc) is 2.50. The van der Waals surface area contributed by atoms with E-state index in [1.54, 1.807) is 19.0 Å². The van der Waals surface area contributed by atoms with Crippen LogP contribution in [0.25, 0.3) is 0 Å². The lowest BCUT2D eigenvalue weighted by molar-refractivity contribution is -0.127. The number of benzene rings is 1. The molecule has 0 heterocycles. The van der Waals surface area contributed by atoms with Gasteiger partial charge in [-0.25, -0.2) is 4.99 Å². The van der Waals surface area contributed by atoms with Crippen LogP contribution < -0.4 is 5.32 Å². The summed E-state index contributed by atoms with van der Waals surface area (Å²) in [5.74, 6) is 0.694. The van der Waals surface area contributed by atoms with Crippen molar-refractivity contribution in [3.8, 4) is 0 Å². The Bertz CT molecular complexity index is 545. The number of guanidine groups is 1. The summed E-state index contributed by atoms with van der Waals surface area (Å²) in [4.78, 5) is 19.8. The zero-order valence-electron chi connectivity index (χ0n) is 14.6. The lowest BCUT2D eigenvalue weighted by Crippen LogP contribution is -2.43. The van der Waals surface area contributed by atoms with Gasteiger partial charge in [0, 0.05) is 38.8 Å². The van der Waals surface area contributed by atoms with E-state index in [9.17, 15) is 4.79 Å². The number of hydrogen-bond donors (Lipinski definition) is 1. The predicted molar refractivity (Wildman–Crippen MR) is 96.8 cm³/mol. The maximum Gasteiger partial charge on any atom is 0.243 e. The number of nitrogens with one attached hydrogen (secondary N) is 1. The fourth-order valence-electron chi connectivity index (χ4n) is 1.87. The Hall–Kier alpha value is -1.75. The van der Waals surface area contributed by atoms with Crippen LogP contribution in [0.15, 0.2) is 29.3 Å². The van der Waals surface area contributed by atoms with Crippen molar-refractivity contribution in [2.24, 2.45) is 4.99 Å². The molecule has 128 valence electrons. The highest BCUT2D eigenvalue weighted by Gasteiger charge is 2.12. The quantitative estimate of drug-likeness (QED) is 0.640. The van der Waals surface area contributed by atoms with E-state index in [0.717, 1.165) is 17.9 Å². The molecule has 1 rings (SSSR count). The lowest BCUT2D eigenvalue weighted by Gasteiger charge is -2.25. The highest BCUT2D eigenvalue weighted by molar-refractivity contribution is 6.30. The van der Waals surface area contributed by atoms with Gasteiger partial charge in [0.25, 0.3) is 0 Å². The van der Waals surface area contributed by atoms with Gasteiger partial charge < -0.3 is 15.1 Å². The summed E-state index contributed by atoms with van der Waals surface area (Å²) in [6.45, 7) is 5.00. The summed E-state index contributed by atoms with van der Waals surface area (Å²) in [5, 5.41) is 4.08. The second-order valence-electron chi connectivity index (χ2n) is 5.87. The van der Waals surface area contributed by atoms with Crippen LogP contribution in [0, 0.1) is 0 Å². The van der Waals surface area contributed by atoms with E-state index < -0.39 is 0 Å². The molecule has 6 heteroatoms. The Labute approximate surface area is 144 Å². The van der Waals surface area contributed by atoms with Gasteiger partial charge in [0.1, 0.15) is 6.54 Å². The number of carbonyl (C=O) groups is 1. The molecule has 0 aromatic heterocycles. The Morgan fingerprint density at radius 2 is 2.04 bits per heavy atom. The molecule has 23 heavy (non-hydrogen) atoms. The summed E-state index contributed by atoms with van der Waals surface area (Å²) in [6, 6.07) is 8.02. The summed E-state index contributed by atoms with van der Waals surface area (Å²) < 4.78 is 0. The van der Waals surface area contributed by atoms with Crippen LogP contribution in [0.1, 0.15) is 25.8 Å². The monoisotopic (exact) mass is 338 g/mol. The number of amides is 1. The maximum absolute atomic E-state index is 11.8. The van der Waals surface area contributed by atoms with E-state index in [2.05, 4.69) is 24.2 Å². The first-order valence-corrected chi connectivity index (χ1v) is 8.18. The predicted octanol–water partition coefficient (Wildman–Crippen LogP) is 2.60. The van der Waals surface area contributed by atoms with Gasteiger partial charge in [-0.3, -0.25) is 4.79 Å². The molecule has 0 radical (unpaired) electrons. The van der Waals surface area contributed by atoms with Crippen molar-refractivity contribution in [3.63, 3.8) is 0 Å². The fourth-order valence-corrected chi connectivity index (χ4v) is 2.08. The number of hydrogen-bond acceptors (Lipinski definition) is 2. The molecule has 0 fully saturated rings. The zero-order chi connectivity index (χ0) is 17.4. The second kappa shape index (κ2) is 9.40. The molecular weight excluding hydrogens is 312 g/mol. The van der Waals surface area contributed by atoms with E-state index in [0.29, 0.717) is 11.6 Å². The number of rotatable bonds is 6. The van der Waals surface area contributed by atoms with E-state index in [4.69, 9.17) is 11.6 Å². The van der Waals surface area contributed by atoms with E-state index in [1.807, 2.05) is 36.2 Å². The molecule has 0 aliphatic rings. The first-order chi connectivity index (χ1) is 10.8. The first kappa shape index (κ1) is 19.3. The third-order valence-corrected chi connectivity index (χ3v) is 3.76. The Morgan fingerprint density at radius 1 is 1.35 bits per heavy atom. The highest BCUT2D eigenvalue weighted by atomic mass is 35.5. The highest BCUT2D eigenvalue weighted by Crippen LogP contribution is 2.12. The number of likely N-dealkylation sites (N-methyl/N-ethyl adjacent to an activating group) is 1. The SMILES string of the molecule is CCC(C)NC(=NCC(=O)N(C)C)N(C)Cc1cccc(Cl)c1. The normalized spacial score (nSPS) is 12.7. The van der Waals surface area contributed by atoms with Gasteiger partial charge in [0.2, 0.25) is 5.91 Å². The van der Waals surface area contributed by atoms with Crippen LogP contribution in [0.2, 0.25) is 5.02 Å². The molecule has 1 aromatic rings.